The van der Waals surface area contributed by atoms with Gasteiger partial charge >= 0.3 is 127 Å². The molecule has 0 aromatic heterocycles. The van der Waals surface area contributed by atoms with Crippen LogP contribution in [0.4, 0.5) is 0 Å². The van der Waals surface area contributed by atoms with Crippen LogP contribution in [0.1, 0.15) is 55.4 Å². The Hall–Kier alpha value is -0.141. The van der Waals surface area contributed by atoms with E-state index < -0.39 is 6.51 Å². The van der Waals surface area contributed by atoms with Gasteiger partial charge in [-0.2, -0.15) is 0 Å². The number of fused-ring (bicyclic) bond motifs is 10. The van der Waals surface area contributed by atoms with Gasteiger partial charge in [0.1, 0.15) is 0 Å². The SMILES string of the molecule is C[C]12[C]3(C)[C]4(C)[C]5(C)[C]1(C)[Fe]23451678[C]2(C)[C]1(C)[C]6(C=O)[C]7(C=O)[C]28C. The van der Waals surface area contributed by atoms with E-state index in [0.717, 1.165) is 0 Å². The third-order valence-corrected chi connectivity index (χ3v) is 78.8. The molecular formula is C20H26FeO2. The normalized spacial score (nSPS) is 120. The van der Waals surface area contributed by atoms with Crippen LogP contribution in [-0.4, -0.2) is 12.6 Å². The van der Waals surface area contributed by atoms with E-state index in [1.807, 2.05) is 0 Å². The van der Waals surface area contributed by atoms with Gasteiger partial charge in [0.2, 0.25) is 0 Å². The first-order valence-electron chi connectivity index (χ1n) is 9.32. The molecule has 10 rings (SSSR count). The summed E-state index contributed by atoms with van der Waals surface area (Å²) in [4.78, 5) is 26.0. The van der Waals surface area contributed by atoms with Crippen molar-refractivity contribution in [1.29, 1.82) is 0 Å². The van der Waals surface area contributed by atoms with E-state index in [0.29, 0.717) is 25.9 Å². The van der Waals surface area contributed by atoms with Crippen LogP contribution in [0.15, 0.2) is 0 Å². The summed E-state index contributed by atoms with van der Waals surface area (Å²) >= 11 is 0. The van der Waals surface area contributed by atoms with Crippen molar-refractivity contribution in [3.8, 4) is 0 Å². The molecule has 4 atom stereocenters. The Balaban J connectivity index is 1.87. The molecule has 0 radical (unpaired) electrons. The van der Waals surface area contributed by atoms with Gasteiger partial charge in [0.05, 0.1) is 0 Å². The molecule has 126 valence electrons. The summed E-state index contributed by atoms with van der Waals surface area (Å²) in [5, 5.41) is 0. The van der Waals surface area contributed by atoms with Crippen LogP contribution >= 0.6 is 0 Å². The van der Waals surface area contributed by atoms with Crippen molar-refractivity contribution >= 4 is 12.6 Å². The Bertz CT molecular complexity index is 1240. The van der Waals surface area contributed by atoms with Crippen molar-refractivity contribution < 1.29 is 16.1 Å². The fraction of sp³-hybridized carbons (Fsp3) is 0.900. The van der Waals surface area contributed by atoms with Gasteiger partial charge in [-0.05, 0) is 0 Å². The van der Waals surface area contributed by atoms with Crippen LogP contribution in [0.3, 0.4) is 0 Å². The van der Waals surface area contributed by atoms with Crippen LogP contribution in [0, 0.1) is 0 Å². The summed E-state index contributed by atoms with van der Waals surface area (Å²) in [5.74, 6) is 0. The minimum atomic E-state index is -4.80. The fourth-order valence-electron chi connectivity index (χ4n) is 29.9. The van der Waals surface area contributed by atoms with Gasteiger partial charge < -0.3 is 0 Å². The summed E-state index contributed by atoms with van der Waals surface area (Å²) in [6.07, 6.45) is 2.84. The van der Waals surface area contributed by atoms with Crippen LogP contribution in [0.5, 0.6) is 0 Å². The molecule has 0 amide bonds. The molecule has 0 aromatic carbocycles. The molecule has 0 aromatic rings. The molecule has 10 saturated heterocycles. The zero-order chi connectivity index (χ0) is 16.7. The molecule has 3 heteroatoms. The van der Waals surface area contributed by atoms with Gasteiger partial charge in [-0.3, -0.25) is 0 Å². The first-order chi connectivity index (χ1) is 10.2. The molecule has 23 heavy (non-hydrogen) atoms. The molecule has 0 bridgehead atoms. The van der Waals surface area contributed by atoms with Gasteiger partial charge in [0, 0.05) is 0 Å². The number of hydrogen-bond acceptors (Lipinski definition) is 2. The van der Waals surface area contributed by atoms with Gasteiger partial charge in [-0.25, -0.2) is 0 Å². The quantitative estimate of drug-likeness (QED) is 0.475. The third kappa shape index (κ3) is 0.0721. The van der Waals surface area contributed by atoms with E-state index in [9.17, 15) is 9.59 Å². The van der Waals surface area contributed by atoms with E-state index >= 15 is 0 Å². The number of aldehydes is 2. The number of carbonyl (C=O) groups excluding carboxylic acids is 2. The molecular weight excluding hydrogens is 328 g/mol. The zero-order valence-electron chi connectivity index (χ0n) is 15.3. The second kappa shape index (κ2) is 0.833. The number of hydrogen-bond donors (Lipinski definition) is 0. The maximum atomic E-state index is 13.0. The second-order valence-corrected chi connectivity index (χ2v) is 36.4. The van der Waals surface area contributed by atoms with Crippen molar-refractivity contribution in [2.45, 2.75) is 98.5 Å². The van der Waals surface area contributed by atoms with E-state index in [4.69, 9.17) is 0 Å². The molecule has 4 unspecified atom stereocenters. The number of rotatable bonds is 2. The molecule has 1 spiro atoms. The third-order valence-electron chi connectivity index (χ3n) is 23.1. The van der Waals surface area contributed by atoms with E-state index in [1.165, 1.54) is 12.6 Å². The van der Waals surface area contributed by atoms with Gasteiger partial charge in [-0.15, -0.1) is 0 Å². The fourth-order valence-corrected chi connectivity index (χ4v) is 131. The summed E-state index contributed by atoms with van der Waals surface area (Å²) in [7, 11) is 0. The zero-order valence-corrected chi connectivity index (χ0v) is 16.4. The van der Waals surface area contributed by atoms with E-state index in [2.05, 4.69) is 55.4 Å². The Morgan fingerprint density at radius 3 is 0.783 bits per heavy atom. The molecule has 10 aliphatic rings. The maximum absolute atomic E-state index is 13.0. The molecule has 10 heterocycles. The van der Waals surface area contributed by atoms with Crippen molar-refractivity contribution in [2.24, 2.45) is 0 Å². The van der Waals surface area contributed by atoms with Crippen molar-refractivity contribution in [3.05, 3.63) is 0 Å². The topological polar surface area (TPSA) is 34.1 Å². The average Bonchev–Trinajstić information content (AvgIpc) is 3.48. The number of carbonyl (C=O) groups is 2. The Labute approximate surface area is 127 Å². The molecule has 0 N–H and O–H groups in total. The average molecular weight is 354 g/mol. The van der Waals surface area contributed by atoms with Crippen LogP contribution < -0.4 is 0 Å². The Kier molecular flexibility index (Phi) is 0.390. The van der Waals surface area contributed by atoms with Crippen LogP contribution in [0.25, 0.3) is 0 Å². The van der Waals surface area contributed by atoms with Gasteiger partial charge in [0.25, 0.3) is 0 Å². The first kappa shape index (κ1) is 10.8. The monoisotopic (exact) mass is 354 g/mol. The molecule has 10 aliphatic heterocycles. The van der Waals surface area contributed by atoms with Crippen LogP contribution in [0.2, 0.25) is 43.1 Å². The second-order valence-electron chi connectivity index (χ2n) is 13.4. The van der Waals surface area contributed by atoms with Gasteiger partial charge in [0.15, 0.2) is 0 Å². The minimum absolute atomic E-state index is 0.193. The summed E-state index contributed by atoms with van der Waals surface area (Å²) in [6, 6.07) is 0. The van der Waals surface area contributed by atoms with Crippen molar-refractivity contribution in [1.82, 2.24) is 0 Å². The van der Waals surface area contributed by atoms with E-state index in [1.54, 1.807) is 0 Å². The summed E-state index contributed by atoms with van der Waals surface area (Å²) < 4.78 is 2.12. The Morgan fingerprint density at radius 2 is 0.696 bits per heavy atom. The van der Waals surface area contributed by atoms with Gasteiger partial charge in [-0.1, -0.05) is 0 Å². The molecule has 0 aliphatic carbocycles. The standard InChI is InChI=1S/C10H11O2.C10H15.Fe/c1-6-7(2)9(4-11)10(5-12)8(6)3;1-6-7(2)9(4)10(5)8(6)3;/h4-5H,1-3H3;1-5H3;. The molecule has 0 saturated carbocycles. The van der Waals surface area contributed by atoms with Crippen molar-refractivity contribution in [3.63, 3.8) is 0 Å². The van der Waals surface area contributed by atoms with Crippen LogP contribution in [-0.2, 0) is 16.1 Å². The molecule has 2 nitrogen and oxygen atoms in total. The van der Waals surface area contributed by atoms with Crippen molar-refractivity contribution in [2.75, 3.05) is 0 Å². The Morgan fingerprint density at radius 1 is 0.478 bits per heavy atom. The summed E-state index contributed by atoms with van der Waals surface area (Å²) in [6.45, 7) is 15.8. The molecule has 10 fully saturated rings. The predicted octanol–water partition coefficient (Wildman–Crippen LogP) is 5.63. The summed E-state index contributed by atoms with van der Waals surface area (Å²) in [5.41, 5.74) is 0. The predicted molar refractivity (Wildman–Crippen MR) is 84.5 cm³/mol. The first-order valence-corrected chi connectivity index (χ1v) is 14.8. The van der Waals surface area contributed by atoms with E-state index in [-0.39, 0.29) is 17.3 Å².